The van der Waals surface area contributed by atoms with Crippen LogP contribution in [0.15, 0.2) is 0 Å². The molecule has 108 valence electrons. The molecule has 1 saturated carbocycles. The molecule has 19 heavy (non-hydrogen) atoms. The van der Waals surface area contributed by atoms with Crippen molar-refractivity contribution >= 4 is 18.2 Å². The Kier molecular flexibility index (Phi) is 5.39. The van der Waals surface area contributed by atoms with Gasteiger partial charge in [-0.2, -0.15) is 0 Å². The molecule has 2 rings (SSSR count). The van der Waals surface area contributed by atoms with E-state index in [1.165, 1.54) is 32.1 Å². The summed E-state index contributed by atoms with van der Waals surface area (Å²) >= 11 is 5.40. The molecule has 0 aromatic carbocycles. The van der Waals surface area contributed by atoms with Crippen LogP contribution < -0.4 is 4.90 Å². The quantitative estimate of drug-likeness (QED) is 0.644. The van der Waals surface area contributed by atoms with Gasteiger partial charge in [0.2, 0.25) is 5.95 Å². The highest BCUT2D eigenvalue weighted by molar-refractivity contribution is 7.71. The minimum atomic E-state index is 0.514. The van der Waals surface area contributed by atoms with Crippen LogP contribution in [0.5, 0.6) is 0 Å². The first-order chi connectivity index (χ1) is 9.24. The molecule has 0 aliphatic heterocycles. The van der Waals surface area contributed by atoms with Crippen molar-refractivity contribution in [1.82, 2.24) is 14.8 Å². The number of aromatic nitrogens is 3. The van der Waals surface area contributed by atoms with Gasteiger partial charge in [0.15, 0.2) is 4.77 Å². The van der Waals surface area contributed by atoms with E-state index < -0.39 is 0 Å². The van der Waals surface area contributed by atoms with Crippen LogP contribution in [0, 0.1) is 4.77 Å². The van der Waals surface area contributed by atoms with Crippen molar-refractivity contribution in [3.8, 4) is 0 Å². The maximum absolute atomic E-state index is 5.40. The largest absolute Gasteiger partial charge is 0.385 e. The number of nitrogens with zero attached hydrogens (tertiary/aromatic N) is 3. The highest BCUT2D eigenvalue weighted by Gasteiger charge is 2.21. The lowest BCUT2D eigenvalue weighted by atomic mass is 9.95. The Hall–Kier alpha value is -0.880. The fraction of sp³-hybridized carbons (Fsp3) is 0.846. The van der Waals surface area contributed by atoms with Gasteiger partial charge < -0.3 is 9.64 Å². The molecule has 1 fully saturated rings. The summed E-state index contributed by atoms with van der Waals surface area (Å²) in [5, 5.41) is 7.35. The summed E-state index contributed by atoms with van der Waals surface area (Å²) in [7, 11) is 3.80. The van der Waals surface area contributed by atoms with E-state index in [1.54, 1.807) is 7.11 Å². The molecule has 0 spiro atoms. The zero-order valence-corrected chi connectivity index (χ0v) is 12.7. The third kappa shape index (κ3) is 3.57. The summed E-state index contributed by atoms with van der Waals surface area (Å²) in [6.45, 7) is 1.71. The van der Waals surface area contributed by atoms with Gasteiger partial charge in [0.1, 0.15) is 0 Å². The molecule has 0 unspecified atom stereocenters. The van der Waals surface area contributed by atoms with Gasteiger partial charge in [-0.1, -0.05) is 19.3 Å². The minimum Gasteiger partial charge on any atom is -0.385 e. The van der Waals surface area contributed by atoms with E-state index in [1.807, 2.05) is 0 Å². The summed E-state index contributed by atoms with van der Waals surface area (Å²) in [6, 6.07) is 0.514. The Labute approximate surface area is 119 Å². The van der Waals surface area contributed by atoms with Crippen LogP contribution in [0.2, 0.25) is 0 Å². The molecule has 0 saturated heterocycles. The van der Waals surface area contributed by atoms with Crippen molar-refractivity contribution in [2.75, 3.05) is 32.2 Å². The zero-order valence-electron chi connectivity index (χ0n) is 11.9. The Morgan fingerprint density at radius 1 is 1.42 bits per heavy atom. The first-order valence-corrected chi connectivity index (χ1v) is 7.52. The maximum atomic E-state index is 5.40. The van der Waals surface area contributed by atoms with Gasteiger partial charge in [0, 0.05) is 33.4 Å². The molecule has 1 N–H and O–H groups in total. The van der Waals surface area contributed by atoms with Gasteiger partial charge in [-0.25, -0.2) is 5.10 Å². The summed E-state index contributed by atoms with van der Waals surface area (Å²) in [6.07, 6.45) is 7.37. The molecule has 0 radical (unpaired) electrons. The van der Waals surface area contributed by atoms with Crippen molar-refractivity contribution in [2.45, 2.75) is 44.6 Å². The zero-order chi connectivity index (χ0) is 13.7. The normalized spacial score (nSPS) is 16.7. The number of ether oxygens (including phenoxy) is 1. The molecule has 5 nitrogen and oxygen atoms in total. The fourth-order valence-electron chi connectivity index (χ4n) is 2.78. The second kappa shape index (κ2) is 7.05. The number of methoxy groups -OCH3 is 1. The molecule has 0 bridgehead atoms. The van der Waals surface area contributed by atoms with Gasteiger partial charge in [-0.3, -0.25) is 4.57 Å². The Bertz CT molecular complexity index is 436. The summed E-state index contributed by atoms with van der Waals surface area (Å²) in [4.78, 5) is 2.17. The Morgan fingerprint density at radius 3 is 2.84 bits per heavy atom. The van der Waals surface area contributed by atoms with E-state index in [9.17, 15) is 0 Å². The van der Waals surface area contributed by atoms with Crippen LogP contribution in [0.1, 0.15) is 44.6 Å². The SMILES string of the molecule is COCCCN(C)c1n[nH]c(=S)n1C1CCCCC1. The number of H-pyrrole nitrogens is 1. The van der Waals surface area contributed by atoms with Gasteiger partial charge in [-0.15, -0.1) is 5.10 Å². The lowest BCUT2D eigenvalue weighted by molar-refractivity contribution is 0.196. The van der Waals surface area contributed by atoms with E-state index in [2.05, 4.69) is 26.7 Å². The van der Waals surface area contributed by atoms with Crippen LogP contribution in [-0.4, -0.2) is 42.1 Å². The van der Waals surface area contributed by atoms with Crippen molar-refractivity contribution in [3.05, 3.63) is 4.77 Å². The van der Waals surface area contributed by atoms with Gasteiger partial charge in [-0.05, 0) is 31.5 Å². The van der Waals surface area contributed by atoms with E-state index >= 15 is 0 Å². The lowest BCUT2D eigenvalue weighted by Gasteiger charge is -2.27. The second-order valence-corrected chi connectivity index (χ2v) is 5.65. The predicted octanol–water partition coefficient (Wildman–Crippen LogP) is 2.92. The van der Waals surface area contributed by atoms with E-state index in [0.29, 0.717) is 6.04 Å². The summed E-state index contributed by atoms with van der Waals surface area (Å²) in [5.41, 5.74) is 0. The van der Waals surface area contributed by atoms with Crippen molar-refractivity contribution < 1.29 is 4.74 Å². The Morgan fingerprint density at radius 2 is 2.16 bits per heavy atom. The standard InChI is InChI=1S/C13H24N4OS/c1-16(9-6-10-18-2)12-14-15-13(19)17(12)11-7-4-3-5-8-11/h11H,3-10H2,1-2H3,(H,15,19). The van der Waals surface area contributed by atoms with Crippen molar-refractivity contribution in [3.63, 3.8) is 0 Å². The molecule has 6 heteroatoms. The highest BCUT2D eigenvalue weighted by Crippen LogP contribution is 2.31. The van der Waals surface area contributed by atoms with E-state index in [0.717, 1.165) is 30.3 Å². The van der Waals surface area contributed by atoms with Crippen LogP contribution in [0.3, 0.4) is 0 Å². The second-order valence-electron chi connectivity index (χ2n) is 5.26. The average Bonchev–Trinajstić information content (AvgIpc) is 2.82. The monoisotopic (exact) mass is 284 g/mol. The van der Waals surface area contributed by atoms with Crippen LogP contribution >= 0.6 is 12.2 Å². The van der Waals surface area contributed by atoms with Crippen molar-refractivity contribution in [1.29, 1.82) is 0 Å². The molecule has 0 atom stereocenters. The number of hydrogen-bond acceptors (Lipinski definition) is 4. The topological polar surface area (TPSA) is 46.1 Å². The van der Waals surface area contributed by atoms with Gasteiger partial charge in [0.05, 0.1) is 0 Å². The summed E-state index contributed by atoms with van der Waals surface area (Å²) in [5.74, 6) is 0.966. The number of hydrogen-bond donors (Lipinski definition) is 1. The fourth-order valence-corrected chi connectivity index (χ4v) is 3.06. The molecule has 1 heterocycles. The molecule has 1 aliphatic rings. The lowest BCUT2D eigenvalue weighted by Crippen LogP contribution is -2.25. The molecule has 1 aromatic heterocycles. The third-order valence-corrected chi connectivity index (χ3v) is 4.10. The molecule has 0 amide bonds. The van der Waals surface area contributed by atoms with Crippen molar-refractivity contribution in [2.24, 2.45) is 0 Å². The number of rotatable bonds is 6. The van der Waals surface area contributed by atoms with E-state index in [-0.39, 0.29) is 0 Å². The molecule has 1 aromatic rings. The molecular weight excluding hydrogens is 260 g/mol. The maximum Gasteiger partial charge on any atom is 0.225 e. The minimum absolute atomic E-state index is 0.514. The predicted molar refractivity (Wildman–Crippen MR) is 79.3 cm³/mol. The molecular formula is C13H24N4OS. The van der Waals surface area contributed by atoms with Gasteiger partial charge in [0.25, 0.3) is 0 Å². The first-order valence-electron chi connectivity index (χ1n) is 7.11. The van der Waals surface area contributed by atoms with Crippen LogP contribution in [-0.2, 0) is 4.74 Å². The highest BCUT2D eigenvalue weighted by atomic mass is 32.1. The smallest absolute Gasteiger partial charge is 0.225 e. The third-order valence-electron chi connectivity index (χ3n) is 3.81. The number of nitrogens with one attached hydrogen (secondary N) is 1. The van der Waals surface area contributed by atoms with Crippen LogP contribution in [0.4, 0.5) is 5.95 Å². The van der Waals surface area contributed by atoms with E-state index in [4.69, 9.17) is 17.0 Å². The summed E-state index contributed by atoms with van der Waals surface area (Å²) < 4.78 is 8.06. The average molecular weight is 284 g/mol. The molecule has 1 aliphatic carbocycles. The number of aromatic amines is 1. The van der Waals surface area contributed by atoms with Crippen LogP contribution in [0.25, 0.3) is 0 Å². The first kappa shape index (κ1) is 14.5. The number of anilines is 1. The van der Waals surface area contributed by atoms with Gasteiger partial charge >= 0.3 is 0 Å². The Balaban J connectivity index is 2.09.